The van der Waals surface area contributed by atoms with Gasteiger partial charge >= 0.3 is 6.36 Å². The number of halogens is 4. The fourth-order valence-corrected chi connectivity index (χ4v) is 1.54. The Hall–Kier alpha value is -1.43. The molecule has 0 saturated heterocycles. The highest BCUT2D eigenvalue weighted by molar-refractivity contribution is 6.19. The highest BCUT2D eigenvalue weighted by Crippen LogP contribution is 2.35. The number of carbonyl (C=O) groups is 1. The van der Waals surface area contributed by atoms with Crippen LogP contribution in [0.2, 0.25) is 0 Å². The van der Waals surface area contributed by atoms with Crippen LogP contribution in [0.3, 0.4) is 0 Å². The lowest BCUT2D eigenvalue weighted by Gasteiger charge is -2.14. The van der Waals surface area contributed by atoms with Crippen LogP contribution in [0.5, 0.6) is 11.5 Å². The van der Waals surface area contributed by atoms with Gasteiger partial charge in [-0.2, -0.15) is 0 Å². The molecule has 18 heavy (non-hydrogen) atoms. The molecule has 0 spiro atoms. The Morgan fingerprint density at radius 1 is 1.39 bits per heavy atom. The standard InChI is InChI=1S/C11H10ClF3O3/c1-17-10-7(8(16)5-6-12)3-2-4-9(10)18-11(13,14)15/h2-4H,5-6H2,1H3. The SMILES string of the molecule is COc1c(OC(F)(F)F)cccc1C(=O)CCCl. The van der Waals surface area contributed by atoms with Crippen molar-refractivity contribution in [2.24, 2.45) is 0 Å². The number of carbonyl (C=O) groups excluding carboxylic acids is 1. The van der Waals surface area contributed by atoms with Gasteiger partial charge in [0.15, 0.2) is 17.3 Å². The van der Waals surface area contributed by atoms with Crippen molar-refractivity contribution < 1.29 is 27.4 Å². The minimum Gasteiger partial charge on any atom is -0.492 e. The zero-order chi connectivity index (χ0) is 13.8. The molecule has 0 saturated carbocycles. The number of alkyl halides is 4. The lowest BCUT2D eigenvalue weighted by Crippen LogP contribution is -2.18. The number of Topliss-reactive ketones (excluding diaryl/α,β-unsaturated/α-hetero) is 1. The third-order valence-electron chi connectivity index (χ3n) is 2.03. The summed E-state index contributed by atoms with van der Waals surface area (Å²) in [6.45, 7) is 0. The molecule has 1 aromatic carbocycles. The van der Waals surface area contributed by atoms with Crippen molar-refractivity contribution in [3.05, 3.63) is 23.8 Å². The Labute approximate surface area is 106 Å². The van der Waals surface area contributed by atoms with Gasteiger partial charge < -0.3 is 9.47 Å². The molecule has 0 heterocycles. The Morgan fingerprint density at radius 2 is 2.06 bits per heavy atom. The first kappa shape index (κ1) is 14.6. The maximum atomic E-state index is 12.2. The zero-order valence-electron chi connectivity index (χ0n) is 9.38. The largest absolute Gasteiger partial charge is 0.573 e. The number of hydrogen-bond donors (Lipinski definition) is 0. The lowest BCUT2D eigenvalue weighted by atomic mass is 10.1. The predicted molar refractivity (Wildman–Crippen MR) is 59.3 cm³/mol. The first-order valence-corrected chi connectivity index (χ1v) is 5.44. The summed E-state index contributed by atoms with van der Waals surface area (Å²) in [4.78, 5) is 11.6. The van der Waals surface area contributed by atoms with E-state index in [0.29, 0.717) is 0 Å². The second-order valence-corrected chi connectivity index (χ2v) is 3.62. The van der Waals surface area contributed by atoms with E-state index in [9.17, 15) is 18.0 Å². The molecular weight excluding hydrogens is 273 g/mol. The van der Waals surface area contributed by atoms with Crippen LogP contribution in [-0.2, 0) is 0 Å². The average Bonchev–Trinajstić information content (AvgIpc) is 2.27. The van der Waals surface area contributed by atoms with Crippen LogP contribution < -0.4 is 9.47 Å². The summed E-state index contributed by atoms with van der Waals surface area (Å²) in [5.41, 5.74) is 0.0138. The van der Waals surface area contributed by atoms with Gasteiger partial charge in [0.05, 0.1) is 12.7 Å². The van der Waals surface area contributed by atoms with Gasteiger partial charge in [-0.15, -0.1) is 24.8 Å². The molecule has 7 heteroatoms. The molecule has 1 aromatic rings. The number of ketones is 1. The molecular formula is C11H10ClF3O3. The average molecular weight is 283 g/mol. The fourth-order valence-electron chi connectivity index (χ4n) is 1.37. The molecule has 3 nitrogen and oxygen atoms in total. The van der Waals surface area contributed by atoms with Gasteiger partial charge in [-0.1, -0.05) is 6.07 Å². The van der Waals surface area contributed by atoms with E-state index in [1.54, 1.807) is 0 Å². The van der Waals surface area contributed by atoms with Gasteiger partial charge in [0.2, 0.25) is 0 Å². The number of para-hydroxylation sites is 1. The molecule has 100 valence electrons. The van der Waals surface area contributed by atoms with E-state index in [1.807, 2.05) is 0 Å². The normalized spacial score (nSPS) is 11.2. The number of hydrogen-bond acceptors (Lipinski definition) is 3. The van der Waals surface area contributed by atoms with Crippen molar-refractivity contribution in [3.8, 4) is 11.5 Å². The highest BCUT2D eigenvalue weighted by Gasteiger charge is 2.33. The summed E-state index contributed by atoms with van der Waals surface area (Å²) in [5, 5.41) is 0. The molecule has 0 aromatic heterocycles. The number of methoxy groups -OCH3 is 1. The van der Waals surface area contributed by atoms with Gasteiger partial charge in [0.25, 0.3) is 0 Å². The monoisotopic (exact) mass is 282 g/mol. The Kier molecular flexibility index (Phi) is 4.84. The number of ether oxygens (including phenoxy) is 2. The summed E-state index contributed by atoms with van der Waals surface area (Å²) in [5.74, 6) is -1.13. The zero-order valence-corrected chi connectivity index (χ0v) is 10.1. The van der Waals surface area contributed by atoms with Crippen molar-refractivity contribution in [2.45, 2.75) is 12.8 Å². The minimum atomic E-state index is -4.85. The second-order valence-electron chi connectivity index (χ2n) is 3.25. The summed E-state index contributed by atoms with van der Waals surface area (Å²) < 4.78 is 45.0. The lowest BCUT2D eigenvalue weighted by molar-refractivity contribution is -0.275. The van der Waals surface area contributed by atoms with Crippen LogP contribution in [0, 0.1) is 0 Å². The summed E-state index contributed by atoms with van der Waals surface area (Å²) in [6, 6.07) is 3.71. The maximum Gasteiger partial charge on any atom is 0.573 e. The maximum absolute atomic E-state index is 12.2. The topological polar surface area (TPSA) is 35.5 Å². The van der Waals surface area contributed by atoms with E-state index in [-0.39, 0.29) is 23.6 Å². The molecule has 0 aliphatic carbocycles. The van der Waals surface area contributed by atoms with Crippen molar-refractivity contribution in [1.29, 1.82) is 0 Å². The highest BCUT2D eigenvalue weighted by atomic mass is 35.5. The van der Waals surface area contributed by atoms with Crippen LogP contribution in [0.1, 0.15) is 16.8 Å². The Bertz CT molecular complexity index is 432. The predicted octanol–water partition coefficient (Wildman–Crippen LogP) is 3.41. The van der Waals surface area contributed by atoms with Gasteiger partial charge in [0, 0.05) is 12.3 Å². The van der Waals surface area contributed by atoms with Gasteiger partial charge in [-0.25, -0.2) is 0 Å². The first-order valence-electron chi connectivity index (χ1n) is 4.91. The quantitative estimate of drug-likeness (QED) is 0.613. The molecule has 0 aliphatic rings. The molecule has 0 unspecified atom stereocenters. The Balaban J connectivity index is 3.14. The molecule has 0 fully saturated rings. The summed E-state index contributed by atoms with van der Waals surface area (Å²) in [6.07, 6.45) is -4.84. The number of benzene rings is 1. The molecule has 0 aliphatic heterocycles. The van der Waals surface area contributed by atoms with E-state index < -0.39 is 17.9 Å². The second kappa shape index (κ2) is 5.95. The fraction of sp³-hybridized carbons (Fsp3) is 0.364. The van der Waals surface area contributed by atoms with E-state index in [4.69, 9.17) is 16.3 Å². The van der Waals surface area contributed by atoms with Gasteiger partial charge in [-0.05, 0) is 12.1 Å². The molecule has 0 radical (unpaired) electrons. The Morgan fingerprint density at radius 3 is 2.56 bits per heavy atom. The van der Waals surface area contributed by atoms with Crippen molar-refractivity contribution in [2.75, 3.05) is 13.0 Å². The van der Waals surface area contributed by atoms with Gasteiger partial charge in [0.1, 0.15) is 0 Å². The summed E-state index contributed by atoms with van der Waals surface area (Å²) in [7, 11) is 1.16. The molecule has 1 rings (SSSR count). The van der Waals surface area contributed by atoms with Crippen LogP contribution >= 0.6 is 11.6 Å². The van der Waals surface area contributed by atoms with Crippen molar-refractivity contribution in [3.63, 3.8) is 0 Å². The van der Waals surface area contributed by atoms with E-state index >= 15 is 0 Å². The van der Waals surface area contributed by atoms with Crippen LogP contribution in [0.4, 0.5) is 13.2 Å². The molecule has 0 atom stereocenters. The summed E-state index contributed by atoms with van der Waals surface area (Å²) >= 11 is 5.42. The van der Waals surface area contributed by atoms with Gasteiger partial charge in [-0.3, -0.25) is 4.79 Å². The van der Waals surface area contributed by atoms with Crippen LogP contribution in [0.25, 0.3) is 0 Å². The smallest absolute Gasteiger partial charge is 0.492 e. The van der Waals surface area contributed by atoms with Crippen molar-refractivity contribution in [1.82, 2.24) is 0 Å². The van der Waals surface area contributed by atoms with Crippen LogP contribution in [0.15, 0.2) is 18.2 Å². The molecule has 0 N–H and O–H groups in total. The third-order valence-corrected chi connectivity index (χ3v) is 2.22. The van der Waals surface area contributed by atoms with E-state index in [1.165, 1.54) is 12.1 Å². The molecule has 0 bridgehead atoms. The molecule has 0 amide bonds. The number of rotatable bonds is 5. The van der Waals surface area contributed by atoms with E-state index in [2.05, 4.69) is 4.74 Å². The van der Waals surface area contributed by atoms with Crippen molar-refractivity contribution >= 4 is 17.4 Å². The minimum absolute atomic E-state index is 0.00733. The van der Waals surface area contributed by atoms with Crippen LogP contribution in [-0.4, -0.2) is 25.1 Å². The third kappa shape index (κ3) is 3.80. The first-order chi connectivity index (χ1) is 8.39. The van der Waals surface area contributed by atoms with E-state index in [0.717, 1.165) is 13.2 Å².